The van der Waals surface area contributed by atoms with Gasteiger partial charge in [-0.2, -0.15) is 0 Å². The summed E-state index contributed by atoms with van der Waals surface area (Å²) in [4.78, 5) is 22.7. The van der Waals surface area contributed by atoms with Gasteiger partial charge in [0.25, 0.3) is 5.91 Å². The van der Waals surface area contributed by atoms with Crippen LogP contribution in [-0.2, 0) is 0 Å². The number of likely N-dealkylation sites (tertiary alicyclic amines) is 1. The van der Waals surface area contributed by atoms with Gasteiger partial charge in [-0.25, -0.2) is 9.97 Å². The first kappa shape index (κ1) is 15.9. The highest BCUT2D eigenvalue weighted by molar-refractivity contribution is 9.10. The zero-order chi connectivity index (χ0) is 16.4. The van der Waals surface area contributed by atoms with E-state index in [4.69, 9.17) is 9.26 Å². The minimum Gasteiger partial charge on any atom is -0.458 e. The van der Waals surface area contributed by atoms with Crippen molar-refractivity contribution in [2.45, 2.75) is 32.8 Å². The van der Waals surface area contributed by atoms with Crippen LogP contribution < -0.4 is 4.74 Å². The monoisotopic (exact) mass is 380 g/mol. The van der Waals surface area contributed by atoms with E-state index in [-0.39, 0.29) is 12.0 Å². The van der Waals surface area contributed by atoms with E-state index >= 15 is 0 Å². The highest BCUT2D eigenvalue weighted by Crippen LogP contribution is 2.21. The number of rotatable bonds is 3. The standard InChI is InChI=1S/C15H17BrN4O3/c1-9-13(10(2)23-19-9)14(21)20-5-3-4-12(8-20)22-15-17-6-11(16)7-18-15/h6-7,12H,3-5,8H2,1-2H3. The minimum absolute atomic E-state index is 0.0636. The Balaban J connectivity index is 1.68. The highest BCUT2D eigenvalue weighted by atomic mass is 79.9. The lowest BCUT2D eigenvalue weighted by Crippen LogP contribution is -2.44. The molecule has 3 rings (SSSR count). The molecule has 1 aliphatic rings. The fourth-order valence-corrected chi connectivity index (χ4v) is 2.88. The topological polar surface area (TPSA) is 81.4 Å². The molecule has 2 aromatic heterocycles. The van der Waals surface area contributed by atoms with Crippen molar-refractivity contribution in [2.75, 3.05) is 13.1 Å². The molecule has 0 saturated carbocycles. The van der Waals surface area contributed by atoms with Crippen molar-refractivity contribution in [1.82, 2.24) is 20.0 Å². The van der Waals surface area contributed by atoms with E-state index in [0.29, 0.717) is 36.1 Å². The Bertz CT molecular complexity index is 682. The second kappa shape index (κ2) is 6.66. The van der Waals surface area contributed by atoms with Crippen LogP contribution in [0.25, 0.3) is 0 Å². The number of carbonyl (C=O) groups excluding carboxylic acids is 1. The average Bonchev–Trinajstić information content (AvgIpc) is 2.88. The fourth-order valence-electron chi connectivity index (χ4n) is 2.68. The molecule has 8 heteroatoms. The van der Waals surface area contributed by atoms with Gasteiger partial charge in [0.05, 0.1) is 16.7 Å². The molecule has 7 nitrogen and oxygen atoms in total. The third-order valence-electron chi connectivity index (χ3n) is 3.78. The van der Waals surface area contributed by atoms with Crippen molar-refractivity contribution in [2.24, 2.45) is 0 Å². The predicted octanol–water partition coefficient (Wildman–Crippen LogP) is 2.53. The lowest BCUT2D eigenvalue weighted by atomic mass is 10.1. The summed E-state index contributed by atoms with van der Waals surface area (Å²) in [5.41, 5.74) is 1.16. The summed E-state index contributed by atoms with van der Waals surface area (Å²) in [6, 6.07) is 0.324. The van der Waals surface area contributed by atoms with E-state index < -0.39 is 0 Å². The predicted molar refractivity (Wildman–Crippen MR) is 85.3 cm³/mol. The maximum Gasteiger partial charge on any atom is 0.316 e. The number of ether oxygens (including phenoxy) is 1. The Morgan fingerprint density at radius 2 is 2.13 bits per heavy atom. The molecule has 3 heterocycles. The molecule has 1 aliphatic heterocycles. The number of aromatic nitrogens is 3. The quantitative estimate of drug-likeness (QED) is 0.813. The van der Waals surface area contributed by atoms with Crippen LogP contribution in [0.5, 0.6) is 6.01 Å². The Hall–Kier alpha value is -1.96. The van der Waals surface area contributed by atoms with Crippen LogP contribution in [0.3, 0.4) is 0 Å². The molecule has 23 heavy (non-hydrogen) atoms. The summed E-state index contributed by atoms with van der Waals surface area (Å²) in [5, 5.41) is 3.85. The molecule has 2 aromatic rings. The van der Waals surface area contributed by atoms with E-state index in [2.05, 4.69) is 31.1 Å². The maximum absolute atomic E-state index is 12.7. The van der Waals surface area contributed by atoms with Crippen LogP contribution in [0.1, 0.15) is 34.7 Å². The largest absolute Gasteiger partial charge is 0.458 e. The van der Waals surface area contributed by atoms with Crippen LogP contribution in [-0.4, -0.2) is 45.1 Å². The van der Waals surface area contributed by atoms with Gasteiger partial charge in [0.1, 0.15) is 17.4 Å². The summed E-state index contributed by atoms with van der Waals surface area (Å²) in [6.45, 7) is 4.73. The number of hydrogen-bond donors (Lipinski definition) is 0. The Labute approximate surface area is 142 Å². The first-order valence-corrected chi connectivity index (χ1v) is 8.20. The van der Waals surface area contributed by atoms with Gasteiger partial charge in [-0.1, -0.05) is 5.16 Å². The average molecular weight is 381 g/mol. The molecule has 0 radical (unpaired) electrons. The lowest BCUT2D eigenvalue weighted by Gasteiger charge is -2.32. The molecule has 0 aromatic carbocycles. The van der Waals surface area contributed by atoms with Crippen molar-refractivity contribution in [3.8, 4) is 6.01 Å². The van der Waals surface area contributed by atoms with Crippen molar-refractivity contribution >= 4 is 21.8 Å². The number of hydrogen-bond acceptors (Lipinski definition) is 6. The minimum atomic E-state index is -0.116. The van der Waals surface area contributed by atoms with Crippen LogP contribution >= 0.6 is 15.9 Å². The van der Waals surface area contributed by atoms with Crippen LogP contribution in [0, 0.1) is 13.8 Å². The molecule has 0 bridgehead atoms. The maximum atomic E-state index is 12.7. The number of amides is 1. The molecule has 1 unspecified atom stereocenters. The van der Waals surface area contributed by atoms with Gasteiger partial charge in [-0.15, -0.1) is 0 Å². The molecular weight excluding hydrogens is 364 g/mol. The van der Waals surface area contributed by atoms with Crippen molar-refractivity contribution in [1.29, 1.82) is 0 Å². The highest BCUT2D eigenvalue weighted by Gasteiger charge is 2.29. The molecule has 1 atom stereocenters. The number of halogens is 1. The SMILES string of the molecule is Cc1noc(C)c1C(=O)N1CCCC(Oc2ncc(Br)cn2)C1. The fraction of sp³-hybridized carbons (Fsp3) is 0.467. The van der Waals surface area contributed by atoms with Gasteiger partial charge in [-0.05, 0) is 42.6 Å². The third kappa shape index (κ3) is 3.52. The number of carbonyl (C=O) groups is 1. The Morgan fingerprint density at radius 1 is 1.39 bits per heavy atom. The van der Waals surface area contributed by atoms with E-state index in [1.807, 2.05) is 0 Å². The molecule has 1 saturated heterocycles. The van der Waals surface area contributed by atoms with Gasteiger partial charge >= 0.3 is 6.01 Å². The van der Waals surface area contributed by atoms with Crippen LogP contribution in [0.15, 0.2) is 21.4 Å². The second-order valence-electron chi connectivity index (χ2n) is 5.52. The Kier molecular flexibility index (Phi) is 4.61. The van der Waals surface area contributed by atoms with E-state index in [1.165, 1.54) is 0 Å². The third-order valence-corrected chi connectivity index (χ3v) is 4.19. The number of nitrogens with zero attached hydrogens (tertiary/aromatic N) is 4. The summed E-state index contributed by atoms with van der Waals surface area (Å²) < 4.78 is 11.7. The zero-order valence-electron chi connectivity index (χ0n) is 13.0. The summed E-state index contributed by atoms with van der Waals surface area (Å²) in [6.07, 6.45) is 4.89. The van der Waals surface area contributed by atoms with Crippen molar-refractivity contribution in [3.63, 3.8) is 0 Å². The van der Waals surface area contributed by atoms with Gasteiger partial charge in [0.15, 0.2) is 0 Å². The zero-order valence-corrected chi connectivity index (χ0v) is 14.5. The van der Waals surface area contributed by atoms with Gasteiger partial charge in [0.2, 0.25) is 0 Å². The molecular formula is C15H17BrN4O3. The van der Waals surface area contributed by atoms with Gasteiger partial charge in [0, 0.05) is 18.9 Å². The van der Waals surface area contributed by atoms with Crippen LogP contribution in [0.2, 0.25) is 0 Å². The van der Waals surface area contributed by atoms with Crippen molar-refractivity contribution in [3.05, 3.63) is 33.9 Å². The first-order valence-electron chi connectivity index (χ1n) is 7.41. The summed E-state index contributed by atoms with van der Waals surface area (Å²) in [7, 11) is 0. The van der Waals surface area contributed by atoms with E-state index in [1.54, 1.807) is 31.1 Å². The molecule has 1 amide bonds. The smallest absolute Gasteiger partial charge is 0.316 e. The summed E-state index contributed by atoms with van der Waals surface area (Å²) >= 11 is 3.29. The Morgan fingerprint density at radius 3 is 2.78 bits per heavy atom. The first-order chi connectivity index (χ1) is 11.0. The van der Waals surface area contributed by atoms with Gasteiger partial charge in [-0.3, -0.25) is 4.79 Å². The number of piperidine rings is 1. The van der Waals surface area contributed by atoms with Gasteiger partial charge < -0.3 is 14.2 Å². The lowest BCUT2D eigenvalue weighted by molar-refractivity contribution is 0.0513. The molecule has 0 aliphatic carbocycles. The van der Waals surface area contributed by atoms with E-state index in [9.17, 15) is 4.79 Å². The molecule has 122 valence electrons. The molecule has 0 N–H and O–H groups in total. The molecule has 1 fully saturated rings. The second-order valence-corrected chi connectivity index (χ2v) is 6.43. The molecule has 0 spiro atoms. The normalized spacial score (nSPS) is 18.0. The van der Waals surface area contributed by atoms with Crippen molar-refractivity contribution < 1.29 is 14.1 Å². The number of aryl methyl sites for hydroxylation is 2. The van der Waals surface area contributed by atoms with Crippen LogP contribution in [0.4, 0.5) is 0 Å². The van der Waals surface area contributed by atoms with E-state index in [0.717, 1.165) is 17.3 Å². The summed E-state index contributed by atoms with van der Waals surface area (Å²) in [5.74, 6) is 0.484.